The fourth-order valence-electron chi connectivity index (χ4n) is 1.21. The molecule has 0 spiro atoms. The van der Waals surface area contributed by atoms with Gasteiger partial charge in [-0.3, -0.25) is 9.13 Å². The summed E-state index contributed by atoms with van der Waals surface area (Å²) in [5.74, 6) is 0. The molecule has 0 aliphatic carbocycles. The summed E-state index contributed by atoms with van der Waals surface area (Å²) in [7, 11) is -8.57. The molecular formula is C8H11ClO6P2. The van der Waals surface area contributed by atoms with E-state index in [1.165, 1.54) is 24.3 Å². The molecule has 0 aromatic heterocycles. The van der Waals surface area contributed by atoms with E-state index in [0.29, 0.717) is 5.56 Å². The van der Waals surface area contributed by atoms with Gasteiger partial charge in [0.05, 0.1) is 6.16 Å². The van der Waals surface area contributed by atoms with Crippen LogP contribution in [-0.4, -0.2) is 19.6 Å². The zero-order valence-corrected chi connectivity index (χ0v) is 11.0. The predicted molar refractivity (Wildman–Crippen MR) is 62.8 cm³/mol. The van der Waals surface area contributed by atoms with Crippen molar-refractivity contribution in [1.82, 2.24) is 0 Å². The summed E-state index contributed by atoms with van der Waals surface area (Å²) in [4.78, 5) is 35.2. The van der Waals surface area contributed by atoms with E-state index >= 15 is 0 Å². The maximum absolute atomic E-state index is 10.9. The van der Waals surface area contributed by atoms with E-state index in [2.05, 4.69) is 0 Å². The minimum atomic E-state index is -4.42. The number of rotatable bonds is 4. The van der Waals surface area contributed by atoms with Crippen LogP contribution in [0.5, 0.6) is 0 Å². The average molecular weight is 301 g/mol. The van der Waals surface area contributed by atoms with Gasteiger partial charge < -0.3 is 19.6 Å². The van der Waals surface area contributed by atoms with E-state index in [0.717, 1.165) is 0 Å². The molecule has 1 aromatic rings. The minimum absolute atomic E-state index is 0.203. The highest BCUT2D eigenvalue weighted by atomic mass is 35.5. The molecule has 0 saturated heterocycles. The third kappa shape index (κ3) is 4.90. The molecule has 0 fully saturated rings. The van der Waals surface area contributed by atoms with Crippen molar-refractivity contribution < 1.29 is 28.7 Å². The molecule has 0 saturated carbocycles. The van der Waals surface area contributed by atoms with Crippen molar-refractivity contribution in [2.24, 2.45) is 0 Å². The van der Waals surface area contributed by atoms with Crippen molar-refractivity contribution in [1.29, 1.82) is 0 Å². The molecule has 1 rings (SSSR count). The highest BCUT2D eigenvalue weighted by Crippen LogP contribution is 2.54. The number of halogens is 1. The van der Waals surface area contributed by atoms with Gasteiger partial charge in [0.25, 0.3) is 0 Å². The van der Waals surface area contributed by atoms with Crippen LogP contribution in [0.3, 0.4) is 0 Å². The van der Waals surface area contributed by atoms with Gasteiger partial charge in [-0.25, -0.2) is 0 Å². The number of hydrogen-bond acceptors (Lipinski definition) is 2. The van der Waals surface area contributed by atoms with Crippen LogP contribution in [0.4, 0.5) is 0 Å². The molecule has 6 nitrogen and oxygen atoms in total. The molecule has 0 aliphatic rings. The summed E-state index contributed by atoms with van der Waals surface area (Å²) in [5, 5.41) is -1.45. The lowest BCUT2D eigenvalue weighted by Gasteiger charge is -2.12. The van der Waals surface area contributed by atoms with Crippen molar-refractivity contribution in [2.45, 2.75) is 11.3 Å². The van der Waals surface area contributed by atoms with Gasteiger partial charge in [-0.15, -0.1) is 11.6 Å². The molecule has 0 amide bonds. The standard InChI is InChI=1S/C8H11ClO6P2/c9-8(17(13,14)15)7-3-1-6(2-4-7)5-16(10,11)12/h1-4,8H,5H2,(H2,10,11,12)(H2,13,14,15). The van der Waals surface area contributed by atoms with Crippen LogP contribution >= 0.6 is 26.8 Å². The molecule has 0 radical (unpaired) electrons. The van der Waals surface area contributed by atoms with Gasteiger partial charge in [0, 0.05) is 0 Å². The first kappa shape index (κ1) is 14.9. The largest absolute Gasteiger partial charge is 0.347 e. The Morgan fingerprint density at radius 1 is 1.06 bits per heavy atom. The zero-order valence-electron chi connectivity index (χ0n) is 8.47. The molecule has 96 valence electrons. The summed E-state index contributed by atoms with van der Waals surface area (Å²) >= 11 is 5.55. The Hall–Kier alpha value is -0.190. The summed E-state index contributed by atoms with van der Waals surface area (Å²) in [6.07, 6.45) is -0.420. The molecule has 1 unspecified atom stereocenters. The summed E-state index contributed by atoms with van der Waals surface area (Å²) < 4.78 is 21.6. The minimum Gasteiger partial charge on any atom is -0.324 e. The van der Waals surface area contributed by atoms with Gasteiger partial charge in [0.1, 0.15) is 0 Å². The maximum Gasteiger partial charge on any atom is 0.347 e. The van der Waals surface area contributed by atoms with Crippen LogP contribution in [-0.2, 0) is 15.3 Å². The summed E-state index contributed by atoms with van der Waals surface area (Å²) in [6.45, 7) is 0. The second-order valence-electron chi connectivity index (χ2n) is 3.49. The quantitative estimate of drug-likeness (QED) is 0.497. The van der Waals surface area contributed by atoms with Gasteiger partial charge in [-0.05, 0) is 11.1 Å². The highest BCUT2D eigenvalue weighted by molar-refractivity contribution is 7.54. The topological polar surface area (TPSA) is 115 Å². The maximum atomic E-state index is 10.9. The third-order valence-corrected chi connectivity index (χ3v) is 4.62. The molecule has 4 N–H and O–H groups in total. The second-order valence-corrected chi connectivity index (χ2v) is 7.57. The molecule has 1 atom stereocenters. The van der Waals surface area contributed by atoms with E-state index < -0.39 is 26.5 Å². The van der Waals surface area contributed by atoms with Crippen molar-refractivity contribution >= 4 is 26.8 Å². The first-order valence-corrected chi connectivity index (χ1v) is 8.34. The van der Waals surface area contributed by atoms with Gasteiger partial charge in [0.15, 0.2) is 5.12 Å². The molecule has 0 aliphatic heterocycles. The molecule has 1 aromatic carbocycles. The van der Waals surface area contributed by atoms with E-state index in [1.807, 2.05) is 0 Å². The van der Waals surface area contributed by atoms with Crippen molar-refractivity contribution in [3.8, 4) is 0 Å². The van der Waals surface area contributed by atoms with Crippen LogP contribution in [0, 0.1) is 0 Å². The van der Waals surface area contributed by atoms with E-state index in [-0.39, 0.29) is 5.56 Å². The van der Waals surface area contributed by atoms with E-state index in [9.17, 15) is 9.13 Å². The predicted octanol–water partition coefficient (Wildman–Crippen LogP) is 1.78. The first-order chi connectivity index (χ1) is 7.59. The third-order valence-electron chi connectivity index (χ3n) is 1.94. The van der Waals surface area contributed by atoms with Crippen LogP contribution in [0.15, 0.2) is 24.3 Å². The Morgan fingerprint density at radius 3 is 1.88 bits per heavy atom. The van der Waals surface area contributed by atoms with E-state index in [4.69, 9.17) is 31.2 Å². The Kier molecular flexibility index (Phi) is 4.55. The second kappa shape index (κ2) is 5.21. The van der Waals surface area contributed by atoms with Crippen molar-refractivity contribution in [3.63, 3.8) is 0 Å². The first-order valence-electron chi connectivity index (χ1n) is 4.42. The normalized spacial score (nSPS) is 14.6. The van der Waals surface area contributed by atoms with Crippen LogP contribution < -0.4 is 0 Å². The zero-order chi connectivity index (χ0) is 13.3. The van der Waals surface area contributed by atoms with Crippen molar-refractivity contribution in [2.75, 3.05) is 0 Å². The van der Waals surface area contributed by atoms with Gasteiger partial charge >= 0.3 is 15.2 Å². The van der Waals surface area contributed by atoms with Gasteiger partial charge in [-0.2, -0.15) is 0 Å². The van der Waals surface area contributed by atoms with Crippen LogP contribution in [0.2, 0.25) is 0 Å². The van der Waals surface area contributed by atoms with E-state index in [1.54, 1.807) is 0 Å². The smallest absolute Gasteiger partial charge is 0.324 e. The van der Waals surface area contributed by atoms with Crippen molar-refractivity contribution in [3.05, 3.63) is 35.4 Å². The molecule has 17 heavy (non-hydrogen) atoms. The molecular weight excluding hydrogens is 289 g/mol. The van der Waals surface area contributed by atoms with Crippen LogP contribution in [0.25, 0.3) is 0 Å². The highest BCUT2D eigenvalue weighted by Gasteiger charge is 2.28. The average Bonchev–Trinajstić information content (AvgIpc) is 2.14. The Bertz CT molecular complexity index is 475. The lowest BCUT2D eigenvalue weighted by Crippen LogP contribution is -1.93. The lowest BCUT2D eigenvalue weighted by atomic mass is 10.2. The molecule has 0 bridgehead atoms. The monoisotopic (exact) mass is 300 g/mol. The van der Waals surface area contributed by atoms with Gasteiger partial charge in [-0.1, -0.05) is 24.3 Å². The SMILES string of the molecule is O=P(O)(O)Cc1ccc(C(Cl)P(=O)(O)O)cc1. The Balaban J connectivity index is 2.89. The fraction of sp³-hybridized carbons (Fsp3) is 0.250. The van der Waals surface area contributed by atoms with Crippen LogP contribution in [0.1, 0.15) is 16.2 Å². The Labute approximate surface area is 103 Å². The summed E-state index contributed by atoms with van der Waals surface area (Å²) in [5.41, 5.74) is 0.575. The number of alkyl halides is 1. The molecule has 0 heterocycles. The number of benzene rings is 1. The summed E-state index contributed by atoms with van der Waals surface area (Å²) in [6, 6.07) is 5.42. The lowest BCUT2D eigenvalue weighted by molar-refractivity contribution is 0.368. The fourth-order valence-corrected chi connectivity index (χ4v) is 2.61. The molecule has 9 heteroatoms. The number of hydrogen-bond donors (Lipinski definition) is 4. The Morgan fingerprint density at radius 2 is 1.53 bits per heavy atom. The van der Waals surface area contributed by atoms with Gasteiger partial charge in [0.2, 0.25) is 0 Å².